The van der Waals surface area contributed by atoms with Gasteiger partial charge in [-0.25, -0.2) is 4.79 Å². The molecule has 2 aliphatic rings. The highest BCUT2D eigenvalue weighted by atomic mass is 16.5. The first-order valence-corrected chi connectivity index (χ1v) is 12.5. The molecule has 0 spiro atoms. The molecule has 0 aliphatic carbocycles. The third-order valence-corrected chi connectivity index (χ3v) is 6.92. The van der Waals surface area contributed by atoms with Crippen LogP contribution in [0.25, 0.3) is 0 Å². The highest BCUT2D eigenvalue weighted by Crippen LogP contribution is 2.41. The Bertz CT molecular complexity index is 932. The third kappa shape index (κ3) is 6.12. The van der Waals surface area contributed by atoms with Gasteiger partial charge in [-0.2, -0.15) is 0 Å². The summed E-state index contributed by atoms with van der Waals surface area (Å²) in [5.74, 6) is -0.690. The van der Waals surface area contributed by atoms with Crippen LogP contribution in [0.1, 0.15) is 79.9 Å². The summed E-state index contributed by atoms with van der Waals surface area (Å²) in [6.07, 6.45) is 7.49. The van der Waals surface area contributed by atoms with Gasteiger partial charge in [-0.15, -0.1) is 0 Å². The van der Waals surface area contributed by atoms with Gasteiger partial charge < -0.3 is 24.8 Å². The number of carboxylic acid groups (broad SMARTS) is 1. The number of likely N-dealkylation sites (tertiary alicyclic amines) is 1. The third-order valence-electron chi connectivity index (χ3n) is 6.92. The highest BCUT2D eigenvalue weighted by molar-refractivity contribution is 6.01. The van der Waals surface area contributed by atoms with Gasteiger partial charge in [-0.1, -0.05) is 18.1 Å². The van der Waals surface area contributed by atoms with Crippen molar-refractivity contribution in [1.29, 1.82) is 0 Å². The number of piperidine rings is 1. The molecule has 2 N–H and O–H groups in total. The van der Waals surface area contributed by atoms with Crippen LogP contribution in [0.15, 0.2) is 11.6 Å². The number of benzene rings is 1. The van der Waals surface area contributed by atoms with Gasteiger partial charge >= 0.3 is 11.9 Å². The van der Waals surface area contributed by atoms with Crippen LogP contribution in [0.2, 0.25) is 0 Å². The van der Waals surface area contributed by atoms with E-state index in [1.807, 2.05) is 27.7 Å². The summed E-state index contributed by atoms with van der Waals surface area (Å²) in [7, 11) is 1.65. The second-order valence-corrected chi connectivity index (χ2v) is 9.93. The lowest BCUT2D eigenvalue weighted by atomic mass is 9.92. The minimum Gasteiger partial charge on any atom is -0.496 e. The fourth-order valence-corrected chi connectivity index (χ4v) is 5.08. The van der Waals surface area contributed by atoms with Crippen LogP contribution >= 0.6 is 0 Å². The predicted molar refractivity (Wildman–Crippen MR) is 134 cm³/mol. The van der Waals surface area contributed by atoms with E-state index < -0.39 is 11.9 Å². The smallest absolute Gasteiger partial charge is 0.341 e. The first kappa shape index (κ1) is 26.1. The van der Waals surface area contributed by atoms with E-state index in [4.69, 9.17) is 9.47 Å². The van der Waals surface area contributed by atoms with E-state index in [-0.39, 0.29) is 18.6 Å². The van der Waals surface area contributed by atoms with Crippen LogP contribution in [-0.4, -0.2) is 54.7 Å². The van der Waals surface area contributed by atoms with Crippen LogP contribution < -0.4 is 10.1 Å². The Kier molecular flexibility index (Phi) is 9.00. The van der Waals surface area contributed by atoms with Gasteiger partial charge in [0.1, 0.15) is 12.4 Å². The topological polar surface area (TPSA) is 88.1 Å². The molecule has 7 heteroatoms. The van der Waals surface area contributed by atoms with Gasteiger partial charge in [0.25, 0.3) is 0 Å². The molecule has 3 rings (SSSR count). The van der Waals surface area contributed by atoms with Gasteiger partial charge in [-0.05, 0) is 85.0 Å². The minimum absolute atomic E-state index is 0.125. The lowest BCUT2D eigenvalue weighted by molar-refractivity contribution is -0.142. The fraction of sp³-hybridized carbons (Fsp3) is 0.630. The van der Waals surface area contributed by atoms with Crippen LogP contribution in [0, 0.1) is 12.8 Å². The maximum Gasteiger partial charge on any atom is 0.341 e. The number of carbonyl (C=O) groups excluding carboxylic acids is 1. The Hall–Kier alpha value is -2.54. The maximum atomic E-state index is 12.5. The Balaban J connectivity index is 1.81. The van der Waals surface area contributed by atoms with Crippen molar-refractivity contribution < 1.29 is 24.2 Å². The Labute approximate surface area is 203 Å². The van der Waals surface area contributed by atoms with E-state index >= 15 is 0 Å². The van der Waals surface area contributed by atoms with Crippen molar-refractivity contribution in [3.63, 3.8) is 0 Å². The number of anilines is 1. The molecule has 0 aromatic heterocycles. The minimum atomic E-state index is -0.736. The fourth-order valence-electron chi connectivity index (χ4n) is 5.08. The number of cyclic esters (lactones) is 1. The number of nitrogens with zero attached hydrogens (tertiary/aromatic N) is 1. The Morgan fingerprint density at radius 3 is 2.59 bits per heavy atom. The lowest BCUT2D eigenvalue weighted by Gasteiger charge is -2.27. The molecule has 0 amide bonds. The Morgan fingerprint density at radius 1 is 1.26 bits per heavy atom. The zero-order valence-electron chi connectivity index (χ0n) is 21.3. The van der Waals surface area contributed by atoms with Gasteiger partial charge in [0.15, 0.2) is 0 Å². The first-order valence-electron chi connectivity index (χ1n) is 12.5. The van der Waals surface area contributed by atoms with Crippen molar-refractivity contribution in [3.8, 4) is 5.75 Å². The monoisotopic (exact) mass is 472 g/mol. The molecule has 2 heterocycles. The van der Waals surface area contributed by atoms with Gasteiger partial charge in [0.2, 0.25) is 0 Å². The predicted octanol–water partition coefficient (Wildman–Crippen LogP) is 4.95. The molecule has 1 aromatic carbocycles. The maximum absolute atomic E-state index is 12.5. The molecular weight excluding hydrogens is 432 g/mol. The van der Waals surface area contributed by atoms with E-state index in [9.17, 15) is 14.7 Å². The first-order chi connectivity index (χ1) is 16.2. The zero-order valence-corrected chi connectivity index (χ0v) is 21.3. The van der Waals surface area contributed by atoms with E-state index in [1.165, 1.54) is 19.3 Å². The molecular formula is C27H40N2O5. The summed E-state index contributed by atoms with van der Waals surface area (Å²) < 4.78 is 11.1. The number of aliphatic carboxylic acids is 1. The van der Waals surface area contributed by atoms with Gasteiger partial charge in [0.05, 0.1) is 24.3 Å². The van der Waals surface area contributed by atoms with Crippen molar-refractivity contribution in [3.05, 3.63) is 33.9 Å². The number of rotatable bonds is 11. The normalized spacial score (nSPS) is 17.5. The summed E-state index contributed by atoms with van der Waals surface area (Å²) in [5, 5.41) is 13.2. The van der Waals surface area contributed by atoms with Gasteiger partial charge in [0, 0.05) is 17.2 Å². The molecule has 0 bridgehead atoms. The van der Waals surface area contributed by atoms with Gasteiger partial charge in [-0.3, -0.25) is 4.79 Å². The summed E-state index contributed by atoms with van der Waals surface area (Å²) in [6.45, 7) is 11.3. The average molecular weight is 473 g/mol. The van der Waals surface area contributed by atoms with E-state index in [2.05, 4.69) is 16.3 Å². The molecule has 1 saturated heterocycles. The number of hydrogen-bond acceptors (Lipinski definition) is 6. The standard InChI is InChI=1S/C27H40N2O5/c1-17(2)28-24-21(25(33-5)19(4)22-16-34-27(32)23(22)24)10-9-18(3)15-20(26(30)31)11-14-29-12-7-6-8-13-29/h9,17,20,28H,6-8,10-16H2,1-5H3,(H,30,31)/b18-9+. The van der Waals surface area contributed by atoms with E-state index in [0.29, 0.717) is 24.8 Å². The summed E-state index contributed by atoms with van der Waals surface area (Å²) in [5.41, 5.74) is 5.09. The number of carboxylic acids is 1. The van der Waals surface area contributed by atoms with Crippen molar-refractivity contribution in [1.82, 2.24) is 4.90 Å². The van der Waals surface area contributed by atoms with Crippen molar-refractivity contribution in [2.24, 2.45) is 5.92 Å². The molecule has 7 nitrogen and oxygen atoms in total. The quantitative estimate of drug-likeness (QED) is 0.348. The largest absolute Gasteiger partial charge is 0.496 e. The molecule has 34 heavy (non-hydrogen) atoms. The SMILES string of the molecule is COc1c(C)c2c(c(NC(C)C)c1C/C=C(\C)CC(CCN1CCCCC1)C(=O)O)C(=O)OC2. The number of esters is 1. The molecule has 1 fully saturated rings. The lowest BCUT2D eigenvalue weighted by Crippen LogP contribution is -2.32. The van der Waals surface area contributed by atoms with E-state index in [1.54, 1.807) is 7.11 Å². The molecule has 0 radical (unpaired) electrons. The molecule has 1 unspecified atom stereocenters. The van der Waals surface area contributed by atoms with Crippen LogP contribution in [0.4, 0.5) is 5.69 Å². The number of fused-ring (bicyclic) bond motifs is 1. The zero-order chi connectivity index (χ0) is 24.8. The molecule has 1 aromatic rings. The number of hydrogen-bond donors (Lipinski definition) is 2. The van der Waals surface area contributed by atoms with Crippen molar-refractivity contribution >= 4 is 17.6 Å². The van der Waals surface area contributed by atoms with Crippen LogP contribution in [0.3, 0.4) is 0 Å². The molecule has 1 atom stereocenters. The highest BCUT2D eigenvalue weighted by Gasteiger charge is 2.32. The van der Waals surface area contributed by atoms with E-state index in [0.717, 1.165) is 53.3 Å². The number of allylic oxidation sites excluding steroid dienone is 2. The summed E-state index contributed by atoms with van der Waals surface area (Å²) in [6, 6.07) is 0.125. The number of carbonyl (C=O) groups is 2. The number of methoxy groups -OCH3 is 1. The summed E-state index contributed by atoms with van der Waals surface area (Å²) in [4.78, 5) is 26.9. The van der Waals surface area contributed by atoms with Crippen molar-refractivity contribution in [2.45, 2.75) is 78.9 Å². The van der Waals surface area contributed by atoms with Crippen LogP contribution in [-0.2, 0) is 22.6 Å². The molecule has 2 aliphatic heterocycles. The number of nitrogens with one attached hydrogen (secondary N) is 1. The second-order valence-electron chi connectivity index (χ2n) is 9.93. The summed E-state index contributed by atoms with van der Waals surface area (Å²) >= 11 is 0. The average Bonchev–Trinajstić information content (AvgIpc) is 3.19. The van der Waals surface area contributed by atoms with Crippen molar-refractivity contribution in [2.75, 3.05) is 32.1 Å². The Morgan fingerprint density at radius 2 is 1.97 bits per heavy atom. The second kappa shape index (κ2) is 11.7. The molecule has 188 valence electrons. The number of ether oxygens (including phenoxy) is 2. The molecule has 0 saturated carbocycles. The van der Waals surface area contributed by atoms with Crippen LogP contribution in [0.5, 0.6) is 5.75 Å².